The Labute approximate surface area is 287 Å². The van der Waals surface area contributed by atoms with Crippen LogP contribution in [0.2, 0.25) is 0 Å². The van der Waals surface area contributed by atoms with Crippen LogP contribution in [0.4, 0.5) is 0 Å². The van der Waals surface area contributed by atoms with E-state index in [0.717, 1.165) is 78.6 Å². The van der Waals surface area contributed by atoms with Gasteiger partial charge in [0, 0.05) is 40.2 Å². The van der Waals surface area contributed by atoms with Crippen LogP contribution in [0.5, 0.6) is 11.5 Å². The van der Waals surface area contributed by atoms with Gasteiger partial charge in [0.2, 0.25) is 0 Å². The highest BCUT2D eigenvalue weighted by Gasteiger charge is 2.23. The summed E-state index contributed by atoms with van der Waals surface area (Å²) < 4.78 is 11.1. The molecule has 0 N–H and O–H groups in total. The maximum Gasteiger partial charge on any atom is 0.137 e. The number of aryl methyl sites for hydroxylation is 2. The first kappa shape index (κ1) is 30.4. The highest BCUT2D eigenvalue weighted by molar-refractivity contribution is 6.09. The van der Waals surface area contributed by atoms with Gasteiger partial charge < -0.3 is 4.74 Å². The molecule has 0 saturated heterocycles. The minimum atomic E-state index is -0.126. The zero-order chi connectivity index (χ0) is 33.7. The van der Waals surface area contributed by atoms with Crippen LogP contribution < -0.4 is 4.74 Å². The first-order valence-corrected chi connectivity index (χ1v) is 16.7. The second-order valence-corrected chi connectivity index (χ2v) is 13.7. The average Bonchev–Trinajstić information content (AvgIpc) is 3.63. The molecule has 5 aromatic carbocycles. The average molecular weight is 639 g/mol. The van der Waals surface area contributed by atoms with Gasteiger partial charge in [0.05, 0.1) is 28.1 Å². The Morgan fingerprint density at radius 3 is 2.04 bits per heavy atom. The lowest BCUT2D eigenvalue weighted by molar-refractivity contribution is 0.478. The topological polar surface area (TPSA) is 44.9 Å². The molecule has 0 atom stereocenters. The maximum atomic E-state index is 6.79. The Kier molecular flexibility index (Phi) is 7.41. The molecule has 0 bridgehead atoms. The fourth-order valence-corrected chi connectivity index (χ4v) is 6.76. The van der Waals surface area contributed by atoms with E-state index in [-0.39, 0.29) is 5.41 Å². The van der Waals surface area contributed by atoms with Crippen molar-refractivity contribution in [1.82, 2.24) is 19.3 Å². The molecule has 8 rings (SSSR count). The van der Waals surface area contributed by atoms with Crippen LogP contribution in [0.1, 0.15) is 37.6 Å². The molecule has 5 nitrogen and oxygen atoms in total. The van der Waals surface area contributed by atoms with E-state index < -0.39 is 0 Å². The van der Waals surface area contributed by atoms with Gasteiger partial charge >= 0.3 is 0 Å². The minimum Gasteiger partial charge on any atom is -0.457 e. The van der Waals surface area contributed by atoms with Crippen molar-refractivity contribution in [2.45, 2.75) is 40.0 Å². The van der Waals surface area contributed by atoms with Gasteiger partial charge in [-0.25, -0.2) is 9.67 Å². The van der Waals surface area contributed by atoms with E-state index in [2.05, 4.69) is 171 Å². The van der Waals surface area contributed by atoms with Crippen molar-refractivity contribution >= 4 is 21.8 Å². The monoisotopic (exact) mass is 638 g/mol. The number of hydrogen-bond donors (Lipinski definition) is 0. The number of benzene rings is 5. The number of hydrogen-bond acceptors (Lipinski definition) is 3. The molecule has 240 valence electrons. The molecule has 0 fully saturated rings. The Bertz CT molecular complexity index is 2470. The van der Waals surface area contributed by atoms with Crippen molar-refractivity contribution < 1.29 is 4.74 Å². The lowest BCUT2D eigenvalue weighted by Crippen LogP contribution is -2.12. The third kappa shape index (κ3) is 5.57. The Hall–Kier alpha value is -5.94. The zero-order valence-corrected chi connectivity index (χ0v) is 28.5. The normalized spacial score (nSPS) is 11.8. The predicted molar refractivity (Wildman–Crippen MR) is 201 cm³/mol. The molecule has 0 saturated carbocycles. The van der Waals surface area contributed by atoms with Crippen molar-refractivity contribution in [1.29, 1.82) is 0 Å². The van der Waals surface area contributed by atoms with Gasteiger partial charge in [0.15, 0.2) is 0 Å². The number of fused-ring (bicyclic) bond motifs is 3. The summed E-state index contributed by atoms with van der Waals surface area (Å²) in [7, 11) is 0. The van der Waals surface area contributed by atoms with E-state index in [1.165, 1.54) is 5.39 Å². The summed E-state index contributed by atoms with van der Waals surface area (Å²) in [5, 5.41) is 7.51. The summed E-state index contributed by atoms with van der Waals surface area (Å²) >= 11 is 0. The minimum absolute atomic E-state index is 0.126. The molecular weight excluding hydrogens is 601 g/mol. The molecule has 0 aliphatic heterocycles. The fraction of sp³-hybridized carbons (Fsp3) is 0.136. The highest BCUT2D eigenvalue weighted by atomic mass is 16.5. The SMILES string of the molecule is Cc1ccnc(-n2c3ccccc3c3ccc(Oc4cc(-n5nc(C)c(-c6ccccc6)c5-c5ccccc5)cc(C(C)(C)C)c4)cc32)c1. The summed E-state index contributed by atoms with van der Waals surface area (Å²) in [6, 6.07) is 46.5. The fourth-order valence-electron chi connectivity index (χ4n) is 6.76. The second kappa shape index (κ2) is 11.9. The predicted octanol–water partition coefficient (Wildman–Crippen LogP) is 11.4. The van der Waals surface area contributed by atoms with E-state index in [9.17, 15) is 0 Å². The van der Waals surface area contributed by atoms with E-state index in [4.69, 9.17) is 14.8 Å². The van der Waals surface area contributed by atoms with Gasteiger partial charge in [-0.05, 0) is 78.4 Å². The molecule has 3 aromatic heterocycles. The standard InChI is InChI=1S/C44H38N4O/c1-29-22-23-45-41(24-29)47-39-19-13-12-18-37(39)38-21-20-35(28-40(38)47)49-36-26-33(44(3,4)5)25-34(27-36)48-43(32-16-10-7-11-17-32)42(30(2)46-48)31-14-8-6-9-15-31/h6-28H,1-5H3. The summed E-state index contributed by atoms with van der Waals surface area (Å²) in [6.45, 7) is 10.9. The molecule has 3 heterocycles. The first-order valence-electron chi connectivity index (χ1n) is 16.7. The van der Waals surface area contributed by atoms with E-state index >= 15 is 0 Å². The maximum absolute atomic E-state index is 6.79. The number of para-hydroxylation sites is 1. The van der Waals surface area contributed by atoms with Crippen molar-refractivity contribution in [2.75, 3.05) is 0 Å². The lowest BCUT2D eigenvalue weighted by Gasteiger charge is -2.22. The van der Waals surface area contributed by atoms with E-state index in [1.807, 2.05) is 12.3 Å². The zero-order valence-electron chi connectivity index (χ0n) is 28.5. The van der Waals surface area contributed by atoms with Crippen LogP contribution in [-0.4, -0.2) is 19.3 Å². The summed E-state index contributed by atoms with van der Waals surface area (Å²) in [6.07, 6.45) is 1.87. The summed E-state index contributed by atoms with van der Waals surface area (Å²) in [4.78, 5) is 4.76. The Morgan fingerprint density at radius 2 is 1.31 bits per heavy atom. The quantitative estimate of drug-likeness (QED) is 0.182. The van der Waals surface area contributed by atoms with Crippen LogP contribution >= 0.6 is 0 Å². The Balaban J connectivity index is 1.29. The molecule has 0 unspecified atom stereocenters. The third-order valence-corrected chi connectivity index (χ3v) is 9.18. The smallest absolute Gasteiger partial charge is 0.137 e. The van der Waals surface area contributed by atoms with Gasteiger partial charge in [-0.15, -0.1) is 0 Å². The van der Waals surface area contributed by atoms with Gasteiger partial charge in [-0.3, -0.25) is 4.57 Å². The van der Waals surface area contributed by atoms with Crippen LogP contribution in [0.3, 0.4) is 0 Å². The third-order valence-electron chi connectivity index (χ3n) is 9.18. The molecule has 0 amide bonds. The van der Waals surface area contributed by atoms with Crippen LogP contribution in [0.25, 0.3) is 55.7 Å². The molecule has 5 heteroatoms. The van der Waals surface area contributed by atoms with Crippen molar-refractivity contribution in [3.63, 3.8) is 0 Å². The number of aromatic nitrogens is 4. The molecule has 0 radical (unpaired) electrons. The summed E-state index contributed by atoms with van der Waals surface area (Å²) in [5.74, 6) is 2.40. The van der Waals surface area contributed by atoms with Crippen molar-refractivity contribution in [3.8, 4) is 45.4 Å². The van der Waals surface area contributed by atoms with E-state index in [0.29, 0.717) is 0 Å². The van der Waals surface area contributed by atoms with Crippen LogP contribution in [0.15, 0.2) is 140 Å². The van der Waals surface area contributed by atoms with Crippen LogP contribution in [0, 0.1) is 13.8 Å². The van der Waals surface area contributed by atoms with Crippen molar-refractivity contribution in [3.05, 3.63) is 156 Å². The lowest BCUT2D eigenvalue weighted by atomic mass is 9.86. The summed E-state index contributed by atoms with van der Waals surface area (Å²) in [5.41, 5.74) is 10.7. The van der Waals surface area contributed by atoms with Gasteiger partial charge in [-0.2, -0.15) is 5.10 Å². The van der Waals surface area contributed by atoms with E-state index in [1.54, 1.807) is 0 Å². The highest BCUT2D eigenvalue weighted by Crippen LogP contribution is 2.40. The van der Waals surface area contributed by atoms with Gasteiger partial charge in [-0.1, -0.05) is 99.6 Å². The number of ether oxygens (including phenoxy) is 1. The largest absolute Gasteiger partial charge is 0.457 e. The van der Waals surface area contributed by atoms with Gasteiger partial charge in [0.25, 0.3) is 0 Å². The first-order chi connectivity index (χ1) is 23.7. The number of nitrogens with zero attached hydrogens (tertiary/aromatic N) is 4. The molecule has 0 aliphatic carbocycles. The molecule has 0 aliphatic rings. The second-order valence-electron chi connectivity index (χ2n) is 13.7. The Morgan fingerprint density at radius 1 is 0.612 bits per heavy atom. The number of rotatable bonds is 6. The van der Waals surface area contributed by atoms with Gasteiger partial charge in [0.1, 0.15) is 17.3 Å². The molecule has 49 heavy (non-hydrogen) atoms. The number of pyridine rings is 1. The molecular formula is C44H38N4O. The molecule has 0 spiro atoms. The molecule has 8 aromatic rings. The van der Waals surface area contributed by atoms with Crippen LogP contribution in [-0.2, 0) is 5.41 Å². The van der Waals surface area contributed by atoms with Crippen molar-refractivity contribution in [2.24, 2.45) is 0 Å².